The van der Waals surface area contributed by atoms with E-state index in [1.807, 2.05) is 6.92 Å². The maximum Gasteiger partial charge on any atom is 0.320 e. The van der Waals surface area contributed by atoms with E-state index in [2.05, 4.69) is 10.2 Å². The smallest absolute Gasteiger partial charge is 0.320 e. The average Bonchev–Trinajstić information content (AvgIpc) is 2.83. The quantitative estimate of drug-likeness (QED) is 0.778. The van der Waals surface area contributed by atoms with Crippen LogP contribution in [0.2, 0.25) is 0 Å². The van der Waals surface area contributed by atoms with Crippen LogP contribution in [0.25, 0.3) is 0 Å². The van der Waals surface area contributed by atoms with Gasteiger partial charge in [0.15, 0.2) is 0 Å². The number of hydrogen-bond acceptors (Lipinski definition) is 3. The molecule has 2 rings (SSSR count). The molecule has 0 bridgehead atoms. The molecule has 2 aliphatic heterocycles. The van der Waals surface area contributed by atoms with Crippen molar-refractivity contribution in [2.75, 3.05) is 19.6 Å². The molecule has 17 heavy (non-hydrogen) atoms. The Morgan fingerprint density at radius 1 is 1.47 bits per heavy atom. The maximum absolute atomic E-state index is 11.2. The lowest BCUT2D eigenvalue weighted by molar-refractivity contribution is -0.144. The van der Waals surface area contributed by atoms with Crippen LogP contribution in [-0.2, 0) is 4.79 Å². The summed E-state index contributed by atoms with van der Waals surface area (Å²) in [4.78, 5) is 13.4. The standard InChI is InChI=1S/C13H24N2O2/c1-2-12(13(16)17)15-8-4-5-10(9-15)11-6-3-7-14-11/h10-12,14H,2-9H2,1H3,(H,16,17). The minimum Gasteiger partial charge on any atom is -0.480 e. The third kappa shape index (κ3) is 2.99. The highest BCUT2D eigenvalue weighted by molar-refractivity contribution is 5.73. The zero-order chi connectivity index (χ0) is 12.3. The Bertz CT molecular complexity index is 264. The predicted molar refractivity (Wildman–Crippen MR) is 67.0 cm³/mol. The van der Waals surface area contributed by atoms with Gasteiger partial charge in [-0.25, -0.2) is 0 Å². The largest absolute Gasteiger partial charge is 0.480 e. The highest BCUT2D eigenvalue weighted by Gasteiger charge is 2.33. The second kappa shape index (κ2) is 5.83. The van der Waals surface area contributed by atoms with Gasteiger partial charge in [-0.2, -0.15) is 0 Å². The fourth-order valence-corrected chi connectivity index (χ4v) is 3.35. The number of carboxylic acid groups (broad SMARTS) is 1. The molecular weight excluding hydrogens is 216 g/mol. The number of carboxylic acids is 1. The van der Waals surface area contributed by atoms with Gasteiger partial charge >= 0.3 is 5.97 Å². The molecule has 0 aliphatic carbocycles. The van der Waals surface area contributed by atoms with Crippen molar-refractivity contribution in [1.82, 2.24) is 10.2 Å². The van der Waals surface area contributed by atoms with Crippen LogP contribution in [0.5, 0.6) is 0 Å². The molecule has 0 amide bonds. The van der Waals surface area contributed by atoms with E-state index in [0.717, 1.165) is 26.1 Å². The number of nitrogens with one attached hydrogen (secondary N) is 1. The van der Waals surface area contributed by atoms with Crippen molar-refractivity contribution in [3.8, 4) is 0 Å². The van der Waals surface area contributed by atoms with Gasteiger partial charge in [-0.3, -0.25) is 9.69 Å². The number of likely N-dealkylation sites (tertiary alicyclic amines) is 1. The number of piperidine rings is 1. The van der Waals surface area contributed by atoms with Gasteiger partial charge < -0.3 is 10.4 Å². The molecule has 4 nitrogen and oxygen atoms in total. The summed E-state index contributed by atoms with van der Waals surface area (Å²) in [6.45, 7) is 5.02. The molecule has 98 valence electrons. The van der Waals surface area contributed by atoms with Crippen LogP contribution in [0.4, 0.5) is 0 Å². The third-order valence-electron chi connectivity index (χ3n) is 4.27. The Balaban J connectivity index is 1.93. The first-order valence-electron chi connectivity index (χ1n) is 6.92. The average molecular weight is 240 g/mol. The molecular formula is C13H24N2O2. The number of carbonyl (C=O) groups is 1. The van der Waals surface area contributed by atoms with Gasteiger partial charge in [0.1, 0.15) is 6.04 Å². The molecule has 2 heterocycles. The van der Waals surface area contributed by atoms with Crippen LogP contribution < -0.4 is 5.32 Å². The summed E-state index contributed by atoms with van der Waals surface area (Å²) >= 11 is 0. The molecule has 0 aromatic rings. The lowest BCUT2D eigenvalue weighted by Gasteiger charge is -2.38. The van der Waals surface area contributed by atoms with Crippen LogP contribution in [-0.4, -0.2) is 47.7 Å². The van der Waals surface area contributed by atoms with Crippen molar-refractivity contribution in [2.24, 2.45) is 5.92 Å². The van der Waals surface area contributed by atoms with Crippen molar-refractivity contribution < 1.29 is 9.90 Å². The summed E-state index contributed by atoms with van der Waals surface area (Å²) in [5, 5.41) is 12.8. The Kier molecular flexibility index (Phi) is 4.40. The first-order chi connectivity index (χ1) is 8.22. The summed E-state index contributed by atoms with van der Waals surface area (Å²) in [6, 6.07) is 0.350. The summed E-state index contributed by atoms with van der Waals surface area (Å²) in [5.41, 5.74) is 0. The van der Waals surface area contributed by atoms with Crippen LogP contribution in [0.15, 0.2) is 0 Å². The van der Waals surface area contributed by atoms with E-state index in [9.17, 15) is 9.90 Å². The van der Waals surface area contributed by atoms with Crippen molar-refractivity contribution in [3.63, 3.8) is 0 Å². The zero-order valence-corrected chi connectivity index (χ0v) is 10.7. The molecule has 0 spiro atoms. The van der Waals surface area contributed by atoms with Crippen molar-refractivity contribution in [3.05, 3.63) is 0 Å². The van der Waals surface area contributed by atoms with E-state index in [0.29, 0.717) is 18.4 Å². The Hall–Kier alpha value is -0.610. The van der Waals surface area contributed by atoms with E-state index in [1.54, 1.807) is 0 Å². The monoisotopic (exact) mass is 240 g/mol. The first kappa shape index (κ1) is 12.8. The minimum atomic E-state index is -0.660. The second-order valence-corrected chi connectivity index (χ2v) is 5.36. The highest BCUT2D eigenvalue weighted by atomic mass is 16.4. The molecule has 2 aliphatic rings. The van der Waals surface area contributed by atoms with Gasteiger partial charge in [-0.05, 0) is 51.1 Å². The first-order valence-corrected chi connectivity index (χ1v) is 6.92. The van der Waals surface area contributed by atoms with Crippen LogP contribution >= 0.6 is 0 Å². The number of rotatable bonds is 4. The SMILES string of the molecule is CCC(C(=O)O)N1CCCC(C2CCCN2)C1. The molecule has 0 aromatic carbocycles. The highest BCUT2D eigenvalue weighted by Crippen LogP contribution is 2.26. The normalized spacial score (nSPS) is 32.5. The van der Waals surface area contributed by atoms with E-state index in [-0.39, 0.29) is 6.04 Å². The lowest BCUT2D eigenvalue weighted by atomic mass is 9.89. The van der Waals surface area contributed by atoms with Crippen molar-refractivity contribution in [1.29, 1.82) is 0 Å². The van der Waals surface area contributed by atoms with Gasteiger partial charge in [-0.15, -0.1) is 0 Å². The van der Waals surface area contributed by atoms with Gasteiger partial charge in [0.2, 0.25) is 0 Å². The molecule has 3 unspecified atom stereocenters. The molecule has 0 aromatic heterocycles. The number of aliphatic carboxylic acids is 1. The molecule has 0 radical (unpaired) electrons. The van der Waals surface area contributed by atoms with Gasteiger partial charge in [0, 0.05) is 12.6 Å². The topological polar surface area (TPSA) is 52.6 Å². The van der Waals surface area contributed by atoms with Crippen molar-refractivity contribution >= 4 is 5.97 Å². The second-order valence-electron chi connectivity index (χ2n) is 5.36. The fourth-order valence-electron chi connectivity index (χ4n) is 3.35. The summed E-state index contributed by atoms with van der Waals surface area (Å²) in [7, 11) is 0. The maximum atomic E-state index is 11.2. The van der Waals surface area contributed by atoms with E-state index >= 15 is 0 Å². The lowest BCUT2D eigenvalue weighted by Crippen LogP contribution is -2.49. The zero-order valence-electron chi connectivity index (χ0n) is 10.7. The van der Waals surface area contributed by atoms with Gasteiger partial charge in [-0.1, -0.05) is 6.92 Å². The Labute approximate surface area is 103 Å². The predicted octanol–water partition coefficient (Wildman–Crippen LogP) is 1.31. The Morgan fingerprint density at radius 3 is 2.88 bits per heavy atom. The van der Waals surface area contributed by atoms with Crippen LogP contribution in [0.3, 0.4) is 0 Å². The van der Waals surface area contributed by atoms with Crippen LogP contribution in [0, 0.1) is 5.92 Å². The van der Waals surface area contributed by atoms with E-state index in [1.165, 1.54) is 19.3 Å². The van der Waals surface area contributed by atoms with Crippen LogP contribution in [0.1, 0.15) is 39.0 Å². The third-order valence-corrected chi connectivity index (χ3v) is 4.27. The van der Waals surface area contributed by atoms with E-state index in [4.69, 9.17) is 0 Å². The molecule has 2 saturated heterocycles. The molecule has 3 atom stereocenters. The summed E-state index contributed by atoms with van der Waals surface area (Å²) in [6.07, 6.45) is 5.65. The molecule has 2 fully saturated rings. The molecule has 2 N–H and O–H groups in total. The number of nitrogens with zero attached hydrogens (tertiary/aromatic N) is 1. The molecule has 4 heteroatoms. The Morgan fingerprint density at radius 2 is 2.29 bits per heavy atom. The fraction of sp³-hybridized carbons (Fsp3) is 0.923. The van der Waals surface area contributed by atoms with Gasteiger partial charge in [0.05, 0.1) is 0 Å². The molecule has 0 saturated carbocycles. The van der Waals surface area contributed by atoms with E-state index < -0.39 is 5.97 Å². The summed E-state index contributed by atoms with van der Waals surface area (Å²) < 4.78 is 0. The minimum absolute atomic E-state index is 0.279. The summed E-state index contributed by atoms with van der Waals surface area (Å²) in [5.74, 6) is -0.00724. The van der Waals surface area contributed by atoms with Crippen molar-refractivity contribution in [2.45, 2.75) is 51.1 Å². The van der Waals surface area contributed by atoms with Gasteiger partial charge in [0.25, 0.3) is 0 Å². The number of hydrogen-bond donors (Lipinski definition) is 2.